The van der Waals surface area contributed by atoms with Crippen molar-refractivity contribution in [1.82, 2.24) is 5.32 Å². The fraction of sp³-hybridized carbons (Fsp3) is 0.556. The fourth-order valence-corrected chi connectivity index (χ4v) is 2.62. The molecule has 0 radical (unpaired) electrons. The molecule has 0 unspecified atom stereocenters. The number of fused-ring (bicyclic) bond motifs is 1. The van der Waals surface area contributed by atoms with Crippen molar-refractivity contribution in [2.75, 3.05) is 6.54 Å². The second-order valence-electron chi connectivity index (χ2n) is 2.94. The normalized spacial score (nSPS) is 16.5. The Morgan fingerprint density at radius 1 is 1.64 bits per heavy atom. The molecule has 2 heterocycles. The molecule has 0 fully saturated rings. The van der Waals surface area contributed by atoms with Crippen molar-refractivity contribution in [1.29, 1.82) is 0 Å². The molecule has 1 aliphatic heterocycles. The van der Waals surface area contributed by atoms with E-state index in [1.54, 1.807) is 9.75 Å². The third-order valence-corrected chi connectivity index (χ3v) is 3.52. The van der Waals surface area contributed by atoms with E-state index in [-0.39, 0.29) is 0 Å². The van der Waals surface area contributed by atoms with E-state index in [1.807, 2.05) is 11.3 Å². The zero-order valence-corrected chi connectivity index (χ0v) is 7.63. The van der Waals surface area contributed by atoms with Crippen LogP contribution in [0, 0.1) is 0 Å². The van der Waals surface area contributed by atoms with E-state index in [0.29, 0.717) is 0 Å². The Hall–Kier alpha value is -0.340. The van der Waals surface area contributed by atoms with E-state index in [9.17, 15) is 0 Å². The molecule has 0 saturated heterocycles. The summed E-state index contributed by atoms with van der Waals surface area (Å²) in [6.07, 6.45) is 2.43. The van der Waals surface area contributed by atoms with Crippen molar-refractivity contribution in [3.63, 3.8) is 0 Å². The van der Waals surface area contributed by atoms with Gasteiger partial charge in [-0.3, -0.25) is 0 Å². The van der Waals surface area contributed by atoms with Crippen molar-refractivity contribution >= 4 is 11.3 Å². The van der Waals surface area contributed by atoms with Gasteiger partial charge in [0.05, 0.1) is 0 Å². The summed E-state index contributed by atoms with van der Waals surface area (Å²) in [4.78, 5) is 3.15. The molecule has 0 aromatic carbocycles. The molecule has 11 heavy (non-hydrogen) atoms. The Bertz CT molecular complexity index is 229. The molecule has 0 aliphatic carbocycles. The highest BCUT2D eigenvalue weighted by Gasteiger charge is 2.11. The second-order valence-corrected chi connectivity index (χ2v) is 4.16. The summed E-state index contributed by atoms with van der Waals surface area (Å²) in [5.41, 5.74) is 1.54. The van der Waals surface area contributed by atoms with Crippen LogP contribution in [-0.2, 0) is 19.4 Å². The van der Waals surface area contributed by atoms with Gasteiger partial charge in [0.15, 0.2) is 0 Å². The van der Waals surface area contributed by atoms with Gasteiger partial charge >= 0.3 is 0 Å². The smallest absolute Gasteiger partial charge is 0.0216 e. The van der Waals surface area contributed by atoms with Crippen LogP contribution < -0.4 is 5.32 Å². The number of aryl methyl sites for hydroxylation is 1. The molecule has 1 aliphatic rings. The van der Waals surface area contributed by atoms with Gasteiger partial charge in [0.2, 0.25) is 0 Å². The molecular formula is C9H13NS. The maximum absolute atomic E-state index is 3.39. The third kappa shape index (κ3) is 1.33. The van der Waals surface area contributed by atoms with Crippen LogP contribution in [0.15, 0.2) is 6.07 Å². The highest BCUT2D eigenvalue weighted by Crippen LogP contribution is 2.25. The van der Waals surface area contributed by atoms with E-state index in [0.717, 1.165) is 13.1 Å². The lowest BCUT2D eigenvalue weighted by Gasteiger charge is -2.10. The number of nitrogens with one attached hydrogen (secondary N) is 1. The maximum atomic E-state index is 3.39. The first kappa shape index (κ1) is 7.32. The van der Waals surface area contributed by atoms with E-state index < -0.39 is 0 Å². The molecule has 0 saturated carbocycles. The van der Waals surface area contributed by atoms with Crippen LogP contribution in [0.5, 0.6) is 0 Å². The van der Waals surface area contributed by atoms with Crippen LogP contribution in [0.3, 0.4) is 0 Å². The Morgan fingerprint density at radius 2 is 2.55 bits per heavy atom. The van der Waals surface area contributed by atoms with Gasteiger partial charge in [0.1, 0.15) is 0 Å². The molecule has 2 heteroatoms. The minimum Gasteiger partial charge on any atom is -0.312 e. The number of hydrogen-bond acceptors (Lipinski definition) is 2. The fourth-order valence-electron chi connectivity index (χ4n) is 1.49. The van der Waals surface area contributed by atoms with Crippen molar-refractivity contribution in [2.45, 2.75) is 26.3 Å². The summed E-state index contributed by atoms with van der Waals surface area (Å²) in [7, 11) is 0. The molecule has 2 rings (SSSR count). The standard InChI is InChI=1S/C9H13NS/c1-2-8-5-7-6-10-4-3-9(7)11-8/h5,10H,2-4,6H2,1H3. The van der Waals surface area contributed by atoms with Crippen LogP contribution in [-0.4, -0.2) is 6.54 Å². The molecule has 1 aromatic rings. The topological polar surface area (TPSA) is 12.0 Å². The van der Waals surface area contributed by atoms with Gasteiger partial charge in [-0.25, -0.2) is 0 Å². The lowest BCUT2D eigenvalue weighted by Crippen LogP contribution is -2.21. The molecule has 1 aromatic heterocycles. The minimum atomic E-state index is 1.09. The zero-order valence-electron chi connectivity index (χ0n) is 6.81. The van der Waals surface area contributed by atoms with E-state index in [4.69, 9.17) is 0 Å². The van der Waals surface area contributed by atoms with Crippen molar-refractivity contribution in [3.05, 3.63) is 21.4 Å². The van der Waals surface area contributed by atoms with Crippen molar-refractivity contribution in [2.24, 2.45) is 0 Å². The molecular weight excluding hydrogens is 154 g/mol. The van der Waals surface area contributed by atoms with Crippen LogP contribution in [0.1, 0.15) is 22.2 Å². The molecule has 0 atom stereocenters. The zero-order chi connectivity index (χ0) is 7.68. The number of thiophene rings is 1. The molecule has 0 spiro atoms. The molecule has 60 valence electrons. The predicted molar refractivity (Wildman–Crippen MR) is 49.1 cm³/mol. The summed E-state index contributed by atoms with van der Waals surface area (Å²) in [6, 6.07) is 2.35. The van der Waals surface area contributed by atoms with Crippen molar-refractivity contribution in [3.8, 4) is 0 Å². The van der Waals surface area contributed by atoms with Crippen LogP contribution in [0.2, 0.25) is 0 Å². The largest absolute Gasteiger partial charge is 0.312 e. The summed E-state index contributed by atoms with van der Waals surface area (Å²) < 4.78 is 0. The van der Waals surface area contributed by atoms with Gasteiger partial charge in [-0.05, 0) is 24.5 Å². The molecule has 1 nitrogen and oxygen atoms in total. The van der Waals surface area contributed by atoms with Crippen LogP contribution in [0.25, 0.3) is 0 Å². The second kappa shape index (κ2) is 2.95. The average Bonchev–Trinajstić information content (AvgIpc) is 2.46. The van der Waals surface area contributed by atoms with E-state index >= 15 is 0 Å². The Balaban J connectivity index is 2.32. The SMILES string of the molecule is CCc1cc2c(s1)CCNC2. The van der Waals surface area contributed by atoms with Gasteiger partial charge in [-0.1, -0.05) is 6.92 Å². The summed E-state index contributed by atoms with van der Waals surface area (Å²) in [6.45, 7) is 4.48. The number of hydrogen-bond donors (Lipinski definition) is 1. The predicted octanol–water partition coefficient (Wildman–Crippen LogP) is 1.96. The quantitative estimate of drug-likeness (QED) is 0.674. The van der Waals surface area contributed by atoms with Gasteiger partial charge in [-0.15, -0.1) is 11.3 Å². The van der Waals surface area contributed by atoms with Crippen molar-refractivity contribution < 1.29 is 0 Å². The van der Waals surface area contributed by atoms with Crippen LogP contribution in [0.4, 0.5) is 0 Å². The lowest BCUT2D eigenvalue weighted by molar-refractivity contribution is 0.652. The summed E-state index contributed by atoms with van der Waals surface area (Å²) in [5.74, 6) is 0. The average molecular weight is 167 g/mol. The highest BCUT2D eigenvalue weighted by atomic mass is 32.1. The first-order valence-electron chi connectivity index (χ1n) is 4.21. The van der Waals surface area contributed by atoms with E-state index in [2.05, 4.69) is 18.3 Å². The third-order valence-electron chi connectivity index (χ3n) is 2.14. The van der Waals surface area contributed by atoms with Crippen LogP contribution >= 0.6 is 11.3 Å². The summed E-state index contributed by atoms with van der Waals surface area (Å²) >= 11 is 2.00. The van der Waals surface area contributed by atoms with Gasteiger partial charge in [0, 0.05) is 22.8 Å². The first-order valence-corrected chi connectivity index (χ1v) is 5.03. The number of rotatable bonds is 1. The lowest BCUT2D eigenvalue weighted by atomic mass is 10.1. The monoisotopic (exact) mass is 167 g/mol. The van der Waals surface area contributed by atoms with Gasteiger partial charge in [-0.2, -0.15) is 0 Å². The first-order chi connectivity index (χ1) is 5.40. The van der Waals surface area contributed by atoms with E-state index in [1.165, 1.54) is 18.4 Å². The Kier molecular flexibility index (Phi) is 1.96. The molecule has 0 bridgehead atoms. The van der Waals surface area contributed by atoms with Gasteiger partial charge < -0.3 is 5.32 Å². The molecule has 1 N–H and O–H groups in total. The highest BCUT2D eigenvalue weighted by molar-refractivity contribution is 7.12. The summed E-state index contributed by atoms with van der Waals surface area (Å²) in [5, 5.41) is 3.39. The minimum absolute atomic E-state index is 1.09. The van der Waals surface area contributed by atoms with Gasteiger partial charge in [0.25, 0.3) is 0 Å². The Morgan fingerprint density at radius 3 is 3.27 bits per heavy atom. The Labute approximate surface area is 71.4 Å². The molecule has 0 amide bonds. The maximum Gasteiger partial charge on any atom is 0.0216 e.